The van der Waals surface area contributed by atoms with Gasteiger partial charge in [0.2, 0.25) is 11.7 Å². The summed E-state index contributed by atoms with van der Waals surface area (Å²) < 4.78 is 10.5. The smallest absolute Gasteiger partial charge is 0.315 e. The monoisotopic (exact) mass is 526 g/mol. The fraction of sp³-hybridized carbons (Fsp3) is 0.429. The summed E-state index contributed by atoms with van der Waals surface area (Å²) in [4.78, 5) is 51.0. The van der Waals surface area contributed by atoms with Gasteiger partial charge in [-0.25, -0.2) is 4.79 Å². The molecule has 0 aliphatic carbocycles. The molecule has 0 spiro atoms. The van der Waals surface area contributed by atoms with Crippen molar-refractivity contribution >= 4 is 23.6 Å². The summed E-state index contributed by atoms with van der Waals surface area (Å²) in [6.45, 7) is 5.88. The van der Waals surface area contributed by atoms with E-state index in [0.29, 0.717) is 30.0 Å². The second-order valence-corrected chi connectivity index (χ2v) is 9.19. The molecule has 10 heteroatoms. The topological polar surface area (TPSA) is 135 Å². The number of methoxy groups -OCH3 is 2. The maximum Gasteiger partial charge on any atom is 0.315 e. The first-order valence-electron chi connectivity index (χ1n) is 12.6. The molecule has 2 atom stereocenters. The zero-order valence-corrected chi connectivity index (χ0v) is 22.6. The minimum Gasteiger partial charge on any atom is -0.497 e. The highest BCUT2D eigenvalue weighted by Gasteiger charge is 2.29. The van der Waals surface area contributed by atoms with Gasteiger partial charge in [0.05, 0.1) is 20.3 Å². The van der Waals surface area contributed by atoms with Crippen LogP contribution in [0.15, 0.2) is 48.5 Å². The predicted octanol–water partition coefficient (Wildman–Crippen LogP) is 2.70. The second-order valence-electron chi connectivity index (χ2n) is 9.19. The van der Waals surface area contributed by atoms with E-state index in [9.17, 15) is 19.2 Å². The Hall–Kier alpha value is -4.08. The van der Waals surface area contributed by atoms with Crippen LogP contribution in [0.1, 0.15) is 44.7 Å². The van der Waals surface area contributed by atoms with Crippen LogP contribution in [0.3, 0.4) is 0 Å². The third kappa shape index (κ3) is 9.42. The van der Waals surface area contributed by atoms with Crippen LogP contribution >= 0.6 is 0 Å². The van der Waals surface area contributed by atoms with E-state index >= 15 is 0 Å². The number of carbonyl (C=O) groups excluding carboxylic acids is 4. The number of carbonyl (C=O) groups is 4. The van der Waals surface area contributed by atoms with Gasteiger partial charge in [0, 0.05) is 18.7 Å². The van der Waals surface area contributed by atoms with Crippen molar-refractivity contribution in [3.05, 3.63) is 59.7 Å². The van der Waals surface area contributed by atoms with Crippen molar-refractivity contribution in [2.45, 2.75) is 58.8 Å². The first-order valence-corrected chi connectivity index (χ1v) is 12.6. The minimum atomic E-state index is -1.04. The lowest BCUT2D eigenvalue weighted by Gasteiger charge is -2.23. The zero-order valence-electron chi connectivity index (χ0n) is 22.6. The molecule has 0 aromatic heterocycles. The Morgan fingerprint density at radius 1 is 0.842 bits per heavy atom. The first kappa shape index (κ1) is 30.1. The molecule has 0 radical (unpaired) electrons. The molecule has 0 fully saturated rings. The maximum atomic E-state index is 13.1. The number of nitrogens with one attached hydrogen (secondary N) is 4. The molecular formula is C28H38N4O6. The van der Waals surface area contributed by atoms with E-state index in [2.05, 4.69) is 21.3 Å². The van der Waals surface area contributed by atoms with Crippen molar-refractivity contribution in [2.24, 2.45) is 5.92 Å². The van der Waals surface area contributed by atoms with E-state index < -0.39 is 35.7 Å². The molecule has 0 saturated carbocycles. The summed E-state index contributed by atoms with van der Waals surface area (Å²) in [5.41, 5.74) is 1.55. The molecule has 4 N–H and O–H groups in total. The number of ketones is 1. The average molecular weight is 527 g/mol. The van der Waals surface area contributed by atoms with Gasteiger partial charge in [0.15, 0.2) is 0 Å². The molecule has 2 aromatic rings. The molecule has 0 aliphatic heterocycles. The quantitative estimate of drug-likeness (QED) is 0.280. The van der Waals surface area contributed by atoms with Crippen LogP contribution in [-0.2, 0) is 27.5 Å². The van der Waals surface area contributed by atoms with Crippen LogP contribution in [0.5, 0.6) is 11.5 Å². The van der Waals surface area contributed by atoms with Crippen LogP contribution in [0.25, 0.3) is 0 Å². The number of Topliss-reactive ketones (excluding diaryl/α,β-unsaturated/α-hetero) is 1. The summed E-state index contributed by atoms with van der Waals surface area (Å²) in [5.74, 6) is -0.938. The summed E-state index contributed by atoms with van der Waals surface area (Å²) in [5, 5.41) is 10.6. The number of benzene rings is 2. The van der Waals surface area contributed by atoms with Gasteiger partial charge in [0.25, 0.3) is 5.91 Å². The Balaban J connectivity index is 1.99. The van der Waals surface area contributed by atoms with Gasteiger partial charge < -0.3 is 30.7 Å². The number of hydrogen-bond donors (Lipinski definition) is 4. The van der Waals surface area contributed by atoms with Crippen molar-refractivity contribution in [3.63, 3.8) is 0 Å². The molecule has 0 saturated heterocycles. The summed E-state index contributed by atoms with van der Waals surface area (Å²) >= 11 is 0. The number of ether oxygens (including phenoxy) is 2. The molecule has 2 aromatic carbocycles. The standard InChI is InChI=1S/C28H38N4O6/c1-6-22(25(33)27(35)29-17-20-15-21(37-4)12-13-24(20)38-5)31-26(34)23(14-18(2)3)32-28(36)30-16-19-10-8-7-9-11-19/h7-13,15,18,22-23H,6,14,16-17H2,1-5H3,(H,29,35)(H,31,34)(H2,30,32,36). The van der Waals surface area contributed by atoms with Gasteiger partial charge in [-0.2, -0.15) is 0 Å². The summed E-state index contributed by atoms with van der Waals surface area (Å²) in [6.07, 6.45) is 0.562. The lowest BCUT2D eigenvalue weighted by atomic mass is 10.0. The number of amides is 4. The molecule has 2 rings (SSSR count). The largest absolute Gasteiger partial charge is 0.497 e. The molecule has 4 amide bonds. The van der Waals surface area contributed by atoms with E-state index in [-0.39, 0.29) is 18.9 Å². The minimum absolute atomic E-state index is 0.0362. The lowest BCUT2D eigenvalue weighted by molar-refractivity contribution is -0.140. The molecule has 38 heavy (non-hydrogen) atoms. The number of rotatable bonds is 14. The van der Waals surface area contributed by atoms with E-state index in [1.165, 1.54) is 14.2 Å². The van der Waals surface area contributed by atoms with Gasteiger partial charge >= 0.3 is 6.03 Å². The Morgan fingerprint density at radius 3 is 2.16 bits per heavy atom. The van der Waals surface area contributed by atoms with E-state index in [4.69, 9.17) is 9.47 Å². The molecular weight excluding hydrogens is 488 g/mol. The van der Waals surface area contributed by atoms with Crippen molar-refractivity contribution < 1.29 is 28.7 Å². The average Bonchev–Trinajstić information content (AvgIpc) is 2.92. The third-order valence-corrected chi connectivity index (χ3v) is 5.82. The van der Waals surface area contributed by atoms with Gasteiger partial charge in [-0.15, -0.1) is 0 Å². The highest BCUT2D eigenvalue weighted by Crippen LogP contribution is 2.23. The molecule has 2 unspecified atom stereocenters. The molecule has 206 valence electrons. The Labute approximate surface area is 223 Å². The van der Waals surface area contributed by atoms with Crippen molar-refractivity contribution in [2.75, 3.05) is 14.2 Å². The van der Waals surface area contributed by atoms with Crippen molar-refractivity contribution in [3.8, 4) is 11.5 Å². The zero-order chi connectivity index (χ0) is 28.1. The van der Waals surface area contributed by atoms with E-state index in [0.717, 1.165) is 5.56 Å². The highest BCUT2D eigenvalue weighted by molar-refractivity contribution is 6.38. The molecule has 0 bridgehead atoms. The third-order valence-electron chi connectivity index (χ3n) is 5.82. The van der Waals surface area contributed by atoms with Crippen LogP contribution in [-0.4, -0.2) is 49.9 Å². The Morgan fingerprint density at radius 2 is 1.55 bits per heavy atom. The lowest BCUT2D eigenvalue weighted by Crippen LogP contribution is -2.55. The van der Waals surface area contributed by atoms with Crippen LogP contribution < -0.4 is 30.7 Å². The first-order chi connectivity index (χ1) is 18.2. The van der Waals surface area contributed by atoms with Gasteiger partial charge in [-0.05, 0) is 42.5 Å². The van der Waals surface area contributed by atoms with Crippen LogP contribution in [0, 0.1) is 5.92 Å². The summed E-state index contributed by atoms with van der Waals surface area (Å²) in [6, 6.07) is 12.1. The summed E-state index contributed by atoms with van der Waals surface area (Å²) in [7, 11) is 3.03. The Kier molecular flexibility index (Phi) is 12.1. The van der Waals surface area contributed by atoms with Crippen LogP contribution in [0.2, 0.25) is 0 Å². The van der Waals surface area contributed by atoms with Gasteiger partial charge in [0.1, 0.15) is 17.5 Å². The van der Waals surface area contributed by atoms with Crippen molar-refractivity contribution in [1.82, 2.24) is 21.3 Å². The molecule has 10 nitrogen and oxygen atoms in total. The van der Waals surface area contributed by atoms with Gasteiger partial charge in [-0.3, -0.25) is 14.4 Å². The maximum absolute atomic E-state index is 13.1. The van der Waals surface area contributed by atoms with Gasteiger partial charge in [-0.1, -0.05) is 51.1 Å². The Bertz CT molecular complexity index is 1090. The predicted molar refractivity (Wildman–Crippen MR) is 144 cm³/mol. The number of hydrogen-bond acceptors (Lipinski definition) is 6. The fourth-order valence-corrected chi connectivity index (χ4v) is 3.76. The normalized spacial score (nSPS) is 12.2. The van der Waals surface area contributed by atoms with Crippen molar-refractivity contribution in [1.29, 1.82) is 0 Å². The SMILES string of the molecule is CCC(NC(=O)C(CC(C)C)NC(=O)NCc1ccccc1)C(=O)C(=O)NCc1cc(OC)ccc1OC. The highest BCUT2D eigenvalue weighted by atomic mass is 16.5. The number of urea groups is 1. The van der Waals surface area contributed by atoms with E-state index in [1.54, 1.807) is 25.1 Å². The second kappa shape index (κ2) is 15.2. The molecule has 0 heterocycles. The molecule has 0 aliphatic rings. The van der Waals surface area contributed by atoms with Crippen LogP contribution in [0.4, 0.5) is 4.79 Å². The van der Waals surface area contributed by atoms with E-state index in [1.807, 2.05) is 44.2 Å². The fourth-order valence-electron chi connectivity index (χ4n) is 3.76.